The van der Waals surface area contributed by atoms with Crippen molar-refractivity contribution in [3.05, 3.63) is 12.2 Å². The first-order valence-corrected chi connectivity index (χ1v) is 7.10. The molecule has 0 aromatic heterocycles. The van der Waals surface area contributed by atoms with E-state index in [4.69, 9.17) is 9.47 Å². The summed E-state index contributed by atoms with van der Waals surface area (Å²) in [6.45, 7) is 3.77. The number of esters is 1. The van der Waals surface area contributed by atoms with E-state index in [1.54, 1.807) is 0 Å². The summed E-state index contributed by atoms with van der Waals surface area (Å²) in [6, 6.07) is 0. The number of carbonyl (C=O) groups is 1. The van der Waals surface area contributed by atoms with Gasteiger partial charge in [-0.1, -0.05) is 34.7 Å². The van der Waals surface area contributed by atoms with Gasteiger partial charge in [-0.25, -0.2) is 0 Å². The van der Waals surface area contributed by atoms with Gasteiger partial charge >= 0.3 is 5.97 Å². The molecule has 2 rings (SSSR count). The molecule has 6 atom stereocenters. The number of ether oxygens (including phenoxy) is 2. The Bertz CT molecular complexity index is 330. The summed E-state index contributed by atoms with van der Waals surface area (Å²) in [6.07, 6.45) is 3.31. The molecular formula is C12H17IO4. The first kappa shape index (κ1) is 13.3. The molecule has 5 heteroatoms. The third-order valence-corrected chi connectivity index (χ3v) is 4.72. The van der Waals surface area contributed by atoms with Crippen LogP contribution in [-0.4, -0.2) is 39.4 Å². The smallest absolute Gasteiger partial charge is 0.314 e. The molecule has 2 heterocycles. The van der Waals surface area contributed by atoms with E-state index in [-0.39, 0.29) is 28.2 Å². The molecule has 1 N–H and O–H groups in total. The van der Waals surface area contributed by atoms with Crippen LogP contribution in [0.25, 0.3) is 0 Å². The third kappa shape index (κ3) is 2.51. The van der Waals surface area contributed by atoms with Crippen molar-refractivity contribution in [2.24, 2.45) is 5.92 Å². The number of alkyl halides is 1. The highest BCUT2D eigenvalue weighted by atomic mass is 127. The van der Waals surface area contributed by atoms with Gasteiger partial charge < -0.3 is 14.6 Å². The summed E-state index contributed by atoms with van der Waals surface area (Å²) in [5.74, 6) is -0.864. The minimum atomic E-state index is -0.699. The molecule has 0 saturated carbocycles. The highest BCUT2D eigenvalue weighted by molar-refractivity contribution is 14.1. The molecule has 0 aliphatic carbocycles. The van der Waals surface area contributed by atoms with E-state index >= 15 is 0 Å². The van der Waals surface area contributed by atoms with Crippen molar-refractivity contribution in [3.63, 3.8) is 0 Å². The largest absolute Gasteiger partial charge is 0.462 e. The maximum absolute atomic E-state index is 11.8. The van der Waals surface area contributed by atoms with Crippen LogP contribution in [0.4, 0.5) is 0 Å². The highest BCUT2D eigenvalue weighted by Gasteiger charge is 2.50. The van der Waals surface area contributed by atoms with Gasteiger partial charge in [0.2, 0.25) is 0 Å². The molecular weight excluding hydrogens is 335 g/mol. The summed E-state index contributed by atoms with van der Waals surface area (Å²) in [7, 11) is 0. The monoisotopic (exact) mass is 352 g/mol. The topological polar surface area (TPSA) is 55.8 Å². The number of cyclic esters (lactones) is 1. The Morgan fingerprint density at radius 3 is 2.88 bits per heavy atom. The first-order chi connectivity index (χ1) is 8.04. The number of fused-ring (bicyclic) bond motifs is 1. The van der Waals surface area contributed by atoms with E-state index in [0.29, 0.717) is 6.42 Å². The lowest BCUT2D eigenvalue weighted by Gasteiger charge is -2.44. The summed E-state index contributed by atoms with van der Waals surface area (Å²) in [4.78, 5) is 11.8. The van der Waals surface area contributed by atoms with E-state index in [2.05, 4.69) is 22.6 Å². The van der Waals surface area contributed by atoms with Crippen molar-refractivity contribution in [2.75, 3.05) is 0 Å². The van der Waals surface area contributed by atoms with E-state index in [9.17, 15) is 9.90 Å². The number of hydrogen-bond acceptors (Lipinski definition) is 4. The maximum atomic E-state index is 11.8. The van der Waals surface area contributed by atoms with Gasteiger partial charge in [-0.15, -0.1) is 0 Å². The van der Waals surface area contributed by atoms with Crippen LogP contribution in [0, 0.1) is 5.92 Å². The summed E-state index contributed by atoms with van der Waals surface area (Å²) >= 11 is 2.14. The molecule has 2 aliphatic heterocycles. The zero-order chi connectivity index (χ0) is 12.6. The fourth-order valence-electron chi connectivity index (χ4n) is 2.46. The Hall–Kier alpha value is -0.140. The summed E-state index contributed by atoms with van der Waals surface area (Å²) in [5.41, 5.74) is 0. The normalized spacial score (nSPS) is 46.7. The van der Waals surface area contributed by atoms with Gasteiger partial charge in [-0.2, -0.15) is 0 Å². The second kappa shape index (κ2) is 5.24. The van der Waals surface area contributed by atoms with Crippen molar-refractivity contribution in [1.29, 1.82) is 0 Å². The molecule has 0 amide bonds. The van der Waals surface area contributed by atoms with Crippen molar-refractivity contribution in [2.45, 2.75) is 48.6 Å². The molecule has 0 radical (unpaired) electrons. The van der Waals surface area contributed by atoms with Gasteiger partial charge in [0.15, 0.2) is 0 Å². The minimum Gasteiger partial charge on any atom is -0.462 e. The first-order valence-electron chi connectivity index (χ1n) is 5.85. The predicted molar refractivity (Wildman–Crippen MR) is 71.0 cm³/mol. The van der Waals surface area contributed by atoms with E-state index in [1.165, 1.54) is 0 Å². The Kier molecular flexibility index (Phi) is 4.10. The highest BCUT2D eigenvalue weighted by Crippen LogP contribution is 2.37. The second-order valence-electron chi connectivity index (χ2n) is 4.61. The number of carbonyl (C=O) groups excluding carboxylic acids is 1. The van der Waals surface area contributed by atoms with Crippen LogP contribution >= 0.6 is 22.6 Å². The third-order valence-electron chi connectivity index (χ3n) is 3.28. The van der Waals surface area contributed by atoms with Gasteiger partial charge in [0.25, 0.3) is 0 Å². The van der Waals surface area contributed by atoms with Crippen LogP contribution < -0.4 is 0 Å². The molecule has 2 aliphatic rings. The van der Waals surface area contributed by atoms with Crippen molar-refractivity contribution in [3.8, 4) is 0 Å². The molecule has 17 heavy (non-hydrogen) atoms. The lowest BCUT2D eigenvalue weighted by atomic mass is 9.84. The molecule has 0 unspecified atom stereocenters. The predicted octanol–water partition coefficient (Wildman–Crippen LogP) is 1.45. The lowest BCUT2D eigenvalue weighted by Crippen LogP contribution is -2.57. The Morgan fingerprint density at radius 1 is 1.53 bits per heavy atom. The van der Waals surface area contributed by atoms with Crippen LogP contribution in [0.3, 0.4) is 0 Å². The van der Waals surface area contributed by atoms with Gasteiger partial charge in [0.1, 0.15) is 12.0 Å². The van der Waals surface area contributed by atoms with E-state index in [0.717, 1.165) is 0 Å². The van der Waals surface area contributed by atoms with Crippen molar-refractivity contribution in [1.82, 2.24) is 0 Å². The van der Waals surface area contributed by atoms with Crippen LogP contribution in [-0.2, 0) is 14.3 Å². The van der Waals surface area contributed by atoms with Crippen LogP contribution in [0.15, 0.2) is 12.2 Å². The Morgan fingerprint density at radius 2 is 2.24 bits per heavy atom. The molecule has 2 fully saturated rings. The SMILES string of the molecule is C/C=C/[C@H]1O[C@H]2C[C@@H](C)OC(=O)[C@@H]2[C@H](O)[C@@H]1I. The number of aliphatic hydroxyl groups excluding tert-OH is 1. The standard InChI is InChI=1S/C12H17IO4/c1-3-4-7-10(13)11(14)9-8(17-7)5-6(2)16-12(9)15/h3-4,6-11,14H,5H2,1-2H3/b4-3+/t6-,7-,8+,9+,10-,11+/m1/s1. The fourth-order valence-corrected chi connectivity index (χ4v) is 3.32. The summed E-state index contributed by atoms with van der Waals surface area (Å²) < 4.78 is 10.9. The number of rotatable bonds is 1. The van der Waals surface area contributed by atoms with Crippen molar-refractivity contribution < 1.29 is 19.4 Å². The number of allylic oxidation sites excluding steroid dienone is 1. The number of halogens is 1. The van der Waals surface area contributed by atoms with Crippen LogP contribution in [0.2, 0.25) is 0 Å². The Balaban J connectivity index is 2.19. The van der Waals surface area contributed by atoms with Gasteiger partial charge in [-0.05, 0) is 13.8 Å². The zero-order valence-corrected chi connectivity index (χ0v) is 12.0. The number of hydrogen-bond donors (Lipinski definition) is 1. The van der Waals surface area contributed by atoms with E-state index in [1.807, 2.05) is 26.0 Å². The minimum absolute atomic E-state index is 0.119. The molecule has 96 valence electrons. The average Bonchev–Trinajstić information content (AvgIpc) is 2.24. The molecule has 0 bridgehead atoms. The Labute approximate surface area is 114 Å². The second-order valence-corrected chi connectivity index (χ2v) is 6.05. The maximum Gasteiger partial charge on any atom is 0.314 e. The molecule has 2 saturated heterocycles. The molecule has 4 nitrogen and oxygen atoms in total. The average molecular weight is 352 g/mol. The van der Waals surface area contributed by atoms with Gasteiger partial charge in [-0.3, -0.25) is 4.79 Å². The van der Waals surface area contributed by atoms with Gasteiger partial charge in [0.05, 0.1) is 22.2 Å². The molecule has 0 spiro atoms. The number of aliphatic hydroxyl groups is 1. The summed E-state index contributed by atoms with van der Waals surface area (Å²) in [5, 5.41) is 10.2. The van der Waals surface area contributed by atoms with Crippen LogP contribution in [0.5, 0.6) is 0 Å². The lowest BCUT2D eigenvalue weighted by molar-refractivity contribution is -0.196. The zero-order valence-electron chi connectivity index (χ0n) is 9.88. The van der Waals surface area contributed by atoms with E-state index < -0.39 is 12.0 Å². The van der Waals surface area contributed by atoms with Crippen LogP contribution in [0.1, 0.15) is 20.3 Å². The molecule has 0 aromatic rings. The quantitative estimate of drug-likeness (QED) is 0.336. The van der Waals surface area contributed by atoms with Crippen molar-refractivity contribution >= 4 is 28.6 Å². The fraction of sp³-hybridized carbons (Fsp3) is 0.750. The van der Waals surface area contributed by atoms with Gasteiger partial charge in [0, 0.05) is 6.42 Å². The molecule has 0 aromatic carbocycles.